The third-order valence-electron chi connectivity index (χ3n) is 3.25. The number of nitro groups is 4. The van der Waals surface area contributed by atoms with Gasteiger partial charge in [-0.2, -0.15) is 0 Å². The molecular weight excluding hydrogens is 352 g/mol. The van der Waals surface area contributed by atoms with Crippen molar-refractivity contribution in [3.05, 3.63) is 94.0 Å². The first-order chi connectivity index (χ1) is 12.2. The van der Waals surface area contributed by atoms with Crippen molar-refractivity contribution in [1.82, 2.24) is 0 Å². The molecule has 0 atom stereocenters. The highest BCUT2D eigenvalue weighted by atomic mass is 16.6. The summed E-state index contributed by atoms with van der Waals surface area (Å²) in [6.07, 6.45) is 0.918. The van der Waals surface area contributed by atoms with Gasteiger partial charge in [0.1, 0.15) is 5.56 Å². The van der Waals surface area contributed by atoms with Crippen LogP contribution in [0, 0.1) is 40.5 Å². The van der Waals surface area contributed by atoms with Crippen LogP contribution in [0.4, 0.5) is 17.1 Å². The van der Waals surface area contributed by atoms with E-state index < -0.39 is 42.3 Å². The molecule has 0 fully saturated rings. The second kappa shape index (κ2) is 7.12. The minimum absolute atomic E-state index is 0.0681. The highest BCUT2D eigenvalue weighted by Crippen LogP contribution is 2.31. The molecule has 0 bridgehead atoms. The van der Waals surface area contributed by atoms with Gasteiger partial charge in [-0.1, -0.05) is 12.1 Å². The number of benzene rings is 2. The molecule has 2 rings (SSSR count). The Hall–Kier alpha value is -4.22. The van der Waals surface area contributed by atoms with Crippen molar-refractivity contribution in [3.8, 4) is 0 Å². The molecule has 0 unspecified atom stereocenters. The Bertz CT molecular complexity index is 969. The van der Waals surface area contributed by atoms with Gasteiger partial charge in [0.05, 0.1) is 25.8 Å². The summed E-state index contributed by atoms with van der Waals surface area (Å²) in [4.78, 5) is 40.6. The minimum atomic E-state index is -0.979. The highest BCUT2D eigenvalue weighted by molar-refractivity contribution is 5.81. The SMILES string of the molecule is O=[N+]([O-])/C(=C/c1cccc([N+](=O)[O-])c1)c1ccc([N+](=O)[O-])cc1[N+](=O)[O-]. The number of nitro benzene ring substituents is 3. The lowest BCUT2D eigenvalue weighted by Gasteiger charge is -2.02. The molecule has 0 aliphatic carbocycles. The van der Waals surface area contributed by atoms with Gasteiger partial charge in [0.2, 0.25) is 0 Å². The Morgan fingerprint density at radius 1 is 0.769 bits per heavy atom. The number of nitrogens with zero attached hydrogens (tertiary/aromatic N) is 4. The van der Waals surface area contributed by atoms with Crippen LogP contribution in [0.25, 0.3) is 11.8 Å². The number of hydrogen-bond donors (Lipinski definition) is 0. The first kappa shape index (κ1) is 18.1. The van der Waals surface area contributed by atoms with Crippen molar-refractivity contribution in [3.63, 3.8) is 0 Å². The minimum Gasteiger partial charge on any atom is -0.258 e. The summed E-state index contributed by atoms with van der Waals surface area (Å²) < 4.78 is 0. The van der Waals surface area contributed by atoms with Crippen LogP contribution in [-0.2, 0) is 0 Å². The first-order valence-electron chi connectivity index (χ1n) is 6.74. The van der Waals surface area contributed by atoms with Crippen molar-refractivity contribution in [2.24, 2.45) is 0 Å². The van der Waals surface area contributed by atoms with E-state index in [9.17, 15) is 40.5 Å². The molecule has 0 heterocycles. The number of rotatable bonds is 6. The Morgan fingerprint density at radius 3 is 1.92 bits per heavy atom. The molecule has 0 aliphatic heterocycles. The number of hydrogen-bond acceptors (Lipinski definition) is 8. The molecule has 0 saturated carbocycles. The second-order valence-electron chi connectivity index (χ2n) is 4.85. The predicted octanol–water partition coefficient (Wildman–Crippen LogP) is 3.19. The molecule has 0 saturated heterocycles. The quantitative estimate of drug-likeness (QED) is 0.429. The third-order valence-corrected chi connectivity index (χ3v) is 3.25. The van der Waals surface area contributed by atoms with E-state index in [2.05, 4.69) is 0 Å². The summed E-state index contributed by atoms with van der Waals surface area (Å²) in [6, 6.07) is 7.27. The molecule has 2 aromatic rings. The Labute approximate surface area is 143 Å². The Morgan fingerprint density at radius 2 is 1.38 bits per heavy atom. The average molecular weight is 360 g/mol. The smallest absolute Gasteiger partial charge is 0.258 e. The lowest BCUT2D eigenvalue weighted by molar-refractivity contribution is -0.397. The summed E-state index contributed by atoms with van der Waals surface area (Å²) in [5.74, 6) is 0. The molecule has 2 aromatic carbocycles. The maximum atomic E-state index is 11.4. The molecular formula is C14H8N4O8. The molecule has 0 radical (unpaired) electrons. The van der Waals surface area contributed by atoms with Gasteiger partial charge in [-0.25, -0.2) is 0 Å². The molecule has 12 nitrogen and oxygen atoms in total. The molecule has 132 valence electrons. The zero-order valence-electron chi connectivity index (χ0n) is 12.7. The first-order valence-corrected chi connectivity index (χ1v) is 6.74. The molecule has 0 spiro atoms. The van der Waals surface area contributed by atoms with E-state index in [1.807, 2.05) is 0 Å². The van der Waals surface area contributed by atoms with Crippen LogP contribution in [0.15, 0.2) is 42.5 Å². The fourth-order valence-electron chi connectivity index (χ4n) is 2.12. The van der Waals surface area contributed by atoms with Crippen LogP contribution in [-0.4, -0.2) is 19.7 Å². The van der Waals surface area contributed by atoms with E-state index in [4.69, 9.17) is 0 Å². The van der Waals surface area contributed by atoms with E-state index in [-0.39, 0.29) is 11.3 Å². The van der Waals surface area contributed by atoms with Crippen molar-refractivity contribution in [2.75, 3.05) is 0 Å². The summed E-state index contributed by atoms with van der Waals surface area (Å²) in [5.41, 5.74) is -2.87. The van der Waals surface area contributed by atoms with E-state index in [1.165, 1.54) is 18.2 Å². The van der Waals surface area contributed by atoms with Gasteiger partial charge in [0.15, 0.2) is 0 Å². The van der Waals surface area contributed by atoms with Crippen molar-refractivity contribution in [1.29, 1.82) is 0 Å². The maximum Gasteiger partial charge on any atom is 0.290 e. The van der Waals surface area contributed by atoms with Crippen LogP contribution in [0.2, 0.25) is 0 Å². The zero-order valence-corrected chi connectivity index (χ0v) is 12.7. The van der Waals surface area contributed by atoms with Gasteiger partial charge in [-0.15, -0.1) is 0 Å². The lowest BCUT2D eigenvalue weighted by Crippen LogP contribution is -2.03. The lowest BCUT2D eigenvalue weighted by atomic mass is 10.1. The van der Waals surface area contributed by atoms with Crippen LogP contribution in [0.3, 0.4) is 0 Å². The second-order valence-corrected chi connectivity index (χ2v) is 4.85. The molecule has 0 amide bonds. The summed E-state index contributed by atoms with van der Waals surface area (Å²) >= 11 is 0. The third kappa shape index (κ3) is 3.81. The normalized spacial score (nSPS) is 11.0. The molecule has 26 heavy (non-hydrogen) atoms. The van der Waals surface area contributed by atoms with Crippen LogP contribution in [0.5, 0.6) is 0 Å². The zero-order chi connectivity index (χ0) is 19.4. The Balaban J connectivity index is 2.66. The largest absolute Gasteiger partial charge is 0.290 e. The van der Waals surface area contributed by atoms with Gasteiger partial charge in [-0.05, 0) is 11.6 Å². The summed E-state index contributed by atoms with van der Waals surface area (Å²) in [5, 5.41) is 44.1. The van der Waals surface area contributed by atoms with Crippen LogP contribution >= 0.6 is 0 Å². The van der Waals surface area contributed by atoms with Gasteiger partial charge < -0.3 is 0 Å². The Kier molecular flexibility index (Phi) is 4.97. The van der Waals surface area contributed by atoms with Crippen LogP contribution in [0.1, 0.15) is 11.1 Å². The predicted molar refractivity (Wildman–Crippen MR) is 87.7 cm³/mol. The van der Waals surface area contributed by atoms with E-state index >= 15 is 0 Å². The van der Waals surface area contributed by atoms with E-state index in [0.29, 0.717) is 6.07 Å². The van der Waals surface area contributed by atoms with Crippen LogP contribution < -0.4 is 0 Å². The van der Waals surface area contributed by atoms with E-state index in [0.717, 1.165) is 24.3 Å². The summed E-state index contributed by atoms with van der Waals surface area (Å²) in [7, 11) is 0. The monoisotopic (exact) mass is 360 g/mol. The fourth-order valence-corrected chi connectivity index (χ4v) is 2.12. The van der Waals surface area contributed by atoms with Gasteiger partial charge in [0, 0.05) is 24.3 Å². The maximum absolute atomic E-state index is 11.4. The molecule has 0 aromatic heterocycles. The topological polar surface area (TPSA) is 173 Å². The molecule has 0 aliphatic rings. The van der Waals surface area contributed by atoms with Gasteiger partial charge >= 0.3 is 0 Å². The van der Waals surface area contributed by atoms with Crippen molar-refractivity contribution >= 4 is 28.8 Å². The summed E-state index contributed by atoms with van der Waals surface area (Å²) in [6.45, 7) is 0. The van der Waals surface area contributed by atoms with E-state index in [1.54, 1.807) is 0 Å². The molecule has 12 heteroatoms. The number of non-ortho nitro benzene ring substituents is 2. The van der Waals surface area contributed by atoms with Crippen molar-refractivity contribution < 1.29 is 19.7 Å². The van der Waals surface area contributed by atoms with Gasteiger partial charge in [-0.3, -0.25) is 40.5 Å². The van der Waals surface area contributed by atoms with Crippen molar-refractivity contribution in [2.45, 2.75) is 0 Å². The fraction of sp³-hybridized carbons (Fsp3) is 0. The average Bonchev–Trinajstić information content (AvgIpc) is 2.59. The standard InChI is InChI=1S/C14H8N4O8/c19-15(20)10-3-1-2-9(6-10)7-13(17(23)24)12-5-4-11(16(21)22)8-14(12)18(25)26/h1-8H/b13-7+. The van der Waals surface area contributed by atoms with Gasteiger partial charge in [0.25, 0.3) is 22.8 Å². The highest BCUT2D eigenvalue weighted by Gasteiger charge is 2.28. The molecule has 0 N–H and O–H groups in total.